The van der Waals surface area contributed by atoms with Crippen molar-refractivity contribution in [2.75, 3.05) is 5.32 Å². The molecule has 8 heteroatoms. The fourth-order valence-corrected chi connectivity index (χ4v) is 1.49. The van der Waals surface area contributed by atoms with Crippen molar-refractivity contribution >= 4 is 23.8 Å². The summed E-state index contributed by atoms with van der Waals surface area (Å²) in [5, 5.41) is 16.9. The molecule has 2 aromatic heterocycles. The van der Waals surface area contributed by atoms with Gasteiger partial charge >= 0.3 is 5.97 Å². The molecule has 0 bridgehead atoms. The Balaban J connectivity index is 2.24. The molecule has 8 nitrogen and oxygen atoms in total. The van der Waals surface area contributed by atoms with E-state index in [0.717, 1.165) is 6.08 Å². The zero-order valence-corrected chi connectivity index (χ0v) is 10.6. The molecular formula is C13H10N4O4. The van der Waals surface area contributed by atoms with Crippen LogP contribution in [0.2, 0.25) is 0 Å². The Bertz CT molecular complexity index is 746. The highest BCUT2D eigenvalue weighted by Crippen LogP contribution is 2.10. The molecule has 0 radical (unpaired) electrons. The number of hydrogen-bond donors (Lipinski definition) is 3. The fraction of sp³-hybridized carbons (Fsp3) is 0. The van der Waals surface area contributed by atoms with Gasteiger partial charge in [-0.15, -0.1) is 0 Å². The molecule has 2 rings (SSSR count). The molecule has 2 heterocycles. The van der Waals surface area contributed by atoms with Crippen LogP contribution in [0.1, 0.15) is 16.1 Å². The summed E-state index contributed by atoms with van der Waals surface area (Å²) >= 11 is 0. The van der Waals surface area contributed by atoms with Crippen LogP contribution in [-0.4, -0.2) is 32.2 Å². The van der Waals surface area contributed by atoms with Gasteiger partial charge in [-0.1, -0.05) is 6.07 Å². The van der Waals surface area contributed by atoms with Crippen molar-refractivity contribution in [1.82, 2.24) is 15.2 Å². The molecule has 0 spiro atoms. The van der Waals surface area contributed by atoms with Crippen LogP contribution in [0.25, 0.3) is 6.08 Å². The zero-order chi connectivity index (χ0) is 15.2. The zero-order valence-electron chi connectivity index (χ0n) is 10.6. The second-order valence-electron chi connectivity index (χ2n) is 3.87. The van der Waals surface area contributed by atoms with E-state index in [2.05, 4.69) is 20.5 Å². The maximum absolute atomic E-state index is 12.1. The maximum Gasteiger partial charge on any atom is 0.328 e. The number of aromatic amines is 1. The average molecular weight is 286 g/mol. The van der Waals surface area contributed by atoms with E-state index in [1.165, 1.54) is 24.4 Å². The molecule has 21 heavy (non-hydrogen) atoms. The third-order valence-electron chi connectivity index (χ3n) is 2.38. The smallest absolute Gasteiger partial charge is 0.328 e. The van der Waals surface area contributed by atoms with Gasteiger partial charge in [0.25, 0.3) is 11.5 Å². The Labute approximate surface area is 118 Å². The molecule has 0 fully saturated rings. The third-order valence-corrected chi connectivity index (χ3v) is 2.38. The van der Waals surface area contributed by atoms with Crippen LogP contribution >= 0.6 is 0 Å². The largest absolute Gasteiger partial charge is 0.478 e. The number of nitrogens with one attached hydrogen (secondary N) is 2. The van der Waals surface area contributed by atoms with Crippen molar-refractivity contribution in [2.24, 2.45) is 0 Å². The van der Waals surface area contributed by atoms with Crippen LogP contribution in [0.5, 0.6) is 0 Å². The number of carboxylic acid groups (broad SMARTS) is 1. The molecule has 0 aliphatic carbocycles. The van der Waals surface area contributed by atoms with Crippen LogP contribution in [0.4, 0.5) is 5.82 Å². The number of aliphatic carboxylic acids is 1. The number of H-pyrrole nitrogens is 1. The number of rotatable bonds is 4. The first-order chi connectivity index (χ1) is 10.1. The van der Waals surface area contributed by atoms with E-state index in [-0.39, 0.29) is 11.5 Å². The Morgan fingerprint density at radius 2 is 2.10 bits per heavy atom. The number of pyridine rings is 1. The minimum atomic E-state index is -1.13. The topological polar surface area (TPSA) is 125 Å². The molecule has 0 aromatic carbocycles. The Morgan fingerprint density at radius 3 is 2.76 bits per heavy atom. The van der Waals surface area contributed by atoms with E-state index in [9.17, 15) is 14.4 Å². The lowest BCUT2D eigenvalue weighted by molar-refractivity contribution is -0.131. The highest BCUT2D eigenvalue weighted by molar-refractivity contribution is 6.05. The molecule has 1 amide bonds. The first-order valence-corrected chi connectivity index (χ1v) is 5.79. The lowest BCUT2D eigenvalue weighted by Gasteiger charge is -2.05. The number of carbonyl (C=O) groups excluding carboxylic acids is 1. The molecule has 0 unspecified atom stereocenters. The monoisotopic (exact) mass is 286 g/mol. The van der Waals surface area contributed by atoms with Gasteiger partial charge in [-0.05, 0) is 18.2 Å². The van der Waals surface area contributed by atoms with E-state index >= 15 is 0 Å². The molecule has 3 N–H and O–H groups in total. The SMILES string of the molecule is O=C(O)/C=C/c1cccnc1C(=O)Nc1ccc(=O)[nH]n1. The first-order valence-electron chi connectivity index (χ1n) is 5.79. The van der Waals surface area contributed by atoms with E-state index in [0.29, 0.717) is 5.56 Å². The van der Waals surface area contributed by atoms with Crippen molar-refractivity contribution in [2.45, 2.75) is 0 Å². The van der Waals surface area contributed by atoms with Crippen molar-refractivity contribution in [3.63, 3.8) is 0 Å². The summed E-state index contributed by atoms with van der Waals surface area (Å²) in [5.41, 5.74) is 0.000685. The summed E-state index contributed by atoms with van der Waals surface area (Å²) in [4.78, 5) is 37.4. The predicted octanol–water partition coefficient (Wildman–Crippen LogP) is 0.515. The van der Waals surface area contributed by atoms with Crippen LogP contribution in [-0.2, 0) is 4.79 Å². The summed E-state index contributed by atoms with van der Waals surface area (Å²) in [6, 6.07) is 5.69. The molecule has 0 aliphatic rings. The quantitative estimate of drug-likeness (QED) is 0.703. The number of carboxylic acids is 1. The normalized spacial score (nSPS) is 10.5. The van der Waals surface area contributed by atoms with Gasteiger partial charge in [0.2, 0.25) is 0 Å². The molecule has 106 valence electrons. The molecule has 0 saturated carbocycles. The van der Waals surface area contributed by atoms with Crippen molar-refractivity contribution in [3.05, 3.63) is 58.1 Å². The molecular weight excluding hydrogens is 276 g/mol. The predicted molar refractivity (Wildman–Crippen MR) is 73.7 cm³/mol. The number of carbonyl (C=O) groups is 2. The lowest BCUT2D eigenvalue weighted by Crippen LogP contribution is -2.17. The van der Waals surface area contributed by atoms with Crippen molar-refractivity contribution in [3.8, 4) is 0 Å². The van der Waals surface area contributed by atoms with Crippen LogP contribution in [0.15, 0.2) is 41.3 Å². The van der Waals surface area contributed by atoms with E-state index in [1.807, 2.05) is 0 Å². The first kappa shape index (κ1) is 14.1. The summed E-state index contributed by atoms with van der Waals surface area (Å²) in [6.07, 6.45) is 3.59. The van der Waals surface area contributed by atoms with Gasteiger partial charge < -0.3 is 10.4 Å². The van der Waals surface area contributed by atoms with Crippen LogP contribution in [0.3, 0.4) is 0 Å². The molecule has 2 aromatic rings. The van der Waals surface area contributed by atoms with Gasteiger partial charge in [0.1, 0.15) is 5.69 Å². The van der Waals surface area contributed by atoms with Crippen molar-refractivity contribution in [1.29, 1.82) is 0 Å². The summed E-state index contributed by atoms with van der Waals surface area (Å²) in [5.74, 6) is -1.55. The van der Waals surface area contributed by atoms with Crippen LogP contribution < -0.4 is 10.9 Å². The van der Waals surface area contributed by atoms with Gasteiger partial charge in [0.15, 0.2) is 5.82 Å². The number of anilines is 1. The van der Waals surface area contributed by atoms with Gasteiger partial charge in [0.05, 0.1) is 0 Å². The second kappa shape index (κ2) is 6.24. The lowest BCUT2D eigenvalue weighted by atomic mass is 10.1. The minimum Gasteiger partial charge on any atom is -0.478 e. The highest BCUT2D eigenvalue weighted by Gasteiger charge is 2.12. The Morgan fingerprint density at radius 1 is 1.29 bits per heavy atom. The highest BCUT2D eigenvalue weighted by atomic mass is 16.4. The van der Waals surface area contributed by atoms with Gasteiger partial charge in [-0.3, -0.25) is 14.6 Å². The standard InChI is InChI=1S/C13H10N4O4/c18-10-5-4-9(16-17-10)15-13(21)12-8(2-1-7-14-12)3-6-11(19)20/h1-7H,(H,17,18)(H,19,20)(H,15,16,21)/b6-3+. The fourth-order valence-electron chi connectivity index (χ4n) is 1.49. The number of aromatic nitrogens is 3. The Hall–Kier alpha value is -3.29. The van der Waals surface area contributed by atoms with E-state index < -0.39 is 17.4 Å². The number of hydrogen-bond acceptors (Lipinski definition) is 5. The number of amides is 1. The summed E-state index contributed by atoms with van der Waals surface area (Å²) < 4.78 is 0. The summed E-state index contributed by atoms with van der Waals surface area (Å²) in [7, 11) is 0. The minimum absolute atomic E-state index is 0.0444. The van der Waals surface area contributed by atoms with Gasteiger partial charge in [-0.25, -0.2) is 9.89 Å². The summed E-state index contributed by atoms with van der Waals surface area (Å²) in [6.45, 7) is 0. The van der Waals surface area contributed by atoms with Crippen LogP contribution in [0, 0.1) is 0 Å². The molecule has 0 aliphatic heterocycles. The van der Waals surface area contributed by atoms with Gasteiger partial charge in [-0.2, -0.15) is 5.10 Å². The Kier molecular flexibility index (Phi) is 4.20. The maximum atomic E-state index is 12.1. The van der Waals surface area contributed by atoms with E-state index in [4.69, 9.17) is 5.11 Å². The molecule has 0 saturated heterocycles. The number of nitrogens with zero attached hydrogens (tertiary/aromatic N) is 2. The third kappa shape index (κ3) is 3.83. The van der Waals surface area contributed by atoms with Crippen molar-refractivity contribution < 1.29 is 14.7 Å². The average Bonchev–Trinajstić information content (AvgIpc) is 2.47. The van der Waals surface area contributed by atoms with E-state index in [1.54, 1.807) is 12.1 Å². The molecule has 0 atom stereocenters. The van der Waals surface area contributed by atoms with Gasteiger partial charge in [0, 0.05) is 23.9 Å². The second-order valence-corrected chi connectivity index (χ2v) is 3.87.